The fourth-order valence-electron chi connectivity index (χ4n) is 4.82. The average Bonchev–Trinajstić information content (AvgIpc) is 2.86. The second-order valence-electron chi connectivity index (χ2n) is 9.28. The maximum Gasteiger partial charge on any atom is 0.430 e. The molecule has 3 aromatic rings. The lowest BCUT2D eigenvalue weighted by Crippen LogP contribution is -2.53. The van der Waals surface area contributed by atoms with Gasteiger partial charge in [-0.15, -0.1) is 0 Å². The van der Waals surface area contributed by atoms with Crippen LogP contribution in [0.2, 0.25) is 0 Å². The van der Waals surface area contributed by atoms with Gasteiger partial charge in [0.2, 0.25) is 5.95 Å². The zero-order chi connectivity index (χ0) is 27.5. The molecule has 9 nitrogen and oxygen atoms in total. The number of nitrogens with two attached hydrogens (primary N) is 2. The van der Waals surface area contributed by atoms with E-state index in [2.05, 4.69) is 25.6 Å². The molecule has 1 aliphatic rings. The maximum atomic E-state index is 14.4. The SMILES string of the molecule is CO[C@@](C(=O)Nc1nc(NC2CCCCC2N=C(N)N)c2cc(C)ccc2n1)(c1ccccc1)C(F)(F)F. The van der Waals surface area contributed by atoms with E-state index in [0.717, 1.165) is 38.4 Å². The number of anilines is 2. The van der Waals surface area contributed by atoms with Gasteiger partial charge in [0.05, 0.1) is 17.6 Å². The summed E-state index contributed by atoms with van der Waals surface area (Å²) in [5.74, 6) is -1.44. The van der Waals surface area contributed by atoms with E-state index in [1.54, 1.807) is 12.1 Å². The summed E-state index contributed by atoms with van der Waals surface area (Å²) in [7, 11) is 0.837. The van der Waals surface area contributed by atoms with Crippen LogP contribution in [0.4, 0.5) is 24.9 Å². The first-order valence-corrected chi connectivity index (χ1v) is 12.2. The van der Waals surface area contributed by atoms with Gasteiger partial charge in [0.15, 0.2) is 5.96 Å². The summed E-state index contributed by atoms with van der Waals surface area (Å²) in [5, 5.41) is 6.26. The first-order valence-electron chi connectivity index (χ1n) is 12.2. The molecule has 1 amide bonds. The number of benzene rings is 2. The smallest absolute Gasteiger partial charge is 0.370 e. The van der Waals surface area contributed by atoms with Gasteiger partial charge < -0.3 is 21.5 Å². The highest BCUT2D eigenvalue weighted by atomic mass is 19.4. The predicted molar refractivity (Wildman–Crippen MR) is 140 cm³/mol. The minimum atomic E-state index is -5.07. The second kappa shape index (κ2) is 10.8. The molecule has 1 aliphatic carbocycles. The van der Waals surface area contributed by atoms with Crippen molar-refractivity contribution >= 4 is 34.5 Å². The summed E-state index contributed by atoms with van der Waals surface area (Å²) in [5.41, 5.74) is 8.99. The van der Waals surface area contributed by atoms with E-state index >= 15 is 0 Å². The lowest BCUT2D eigenvalue weighted by Gasteiger charge is -2.33. The minimum absolute atomic E-state index is 0.0241. The Hall–Kier alpha value is -3.93. The number of hydrogen-bond acceptors (Lipinski definition) is 6. The minimum Gasteiger partial charge on any atom is -0.370 e. The van der Waals surface area contributed by atoms with Gasteiger partial charge in [0.1, 0.15) is 5.82 Å². The Kier molecular flexibility index (Phi) is 7.72. The number of nitrogens with one attached hydrogen (secondary N) is 2. The molecule has 202 valence electrons. The molecule has 2 aromatic carbocycles. The van der Waals surface area contributed by atoms with E-state index in [4.69, 9.17) is 16.2 Å². The lowest BCUT2D eigenvalue weighted by atomic mass is 9.90. The van der Waals surface area contributed by atoms with Crippen LogP contribution in [-0.2, 0) is 15.1 Å². The molecule has 1 heterocycles. The number of alkyl halides is 3. The van der Waals surface area contributed by atoms with Gasteiger partial charge in [-0.05, 0) is 31.9 Å². The van der Waals surface area contributed by atoms with Crippen molar-refractivity contribution in [1.29, 1.82) is 0 Å². The molecular formula is C26H30F3N7O2. The van der Waals surface area contributed by atoms with Crippen LogP contribution in [0.25, 0.3) is 10.9 Å². The van der Waals surface area contributed by atoms with E-state index in [1.165, 1.54) is 24.3 Å². The van der Waals surface area contributed by atoms with E-state index in [1.807, 2.05) is 19.1 Å². The third kappa shape index (κ3) is 5.35. The third-order valence-corrected chi connectivity index (χ3v) is 6.65. The van der Waals surface area contributed by atoms with E-state index in [9.17, 15) is 18.0 Å². The van der Waals surface area contributed by atoms with Crippen LogP contribution in [0.1, 0.15) is 36.8 Å². The number of rotatable bonds is 7. The second-order valence-corrected chi connectivity index (χ2v) is 9.28. The highest BCUT2D eigenvalue weighted by Crippen LogP contribution is 2.43. The van der Waals surface area contributed by atoms with Crippen LogP contribution >= 0.6 is 0 Å². The highest BCUT2D eigenvalue weighted by molar-refractivity contribution is 5.99. The Morgan fingerprint density at radius 2 is 1.79 bits per heavy atom. The van der Waals surface area contributed by atoms with Crippen LogP contribution in [0.5, 0.6) is 0 Å². The standard InChI is InChI=1S/C26H30F3N7O2/c1-15-12-13-18-17(14-15)21(32-19-10-6-7-11-20(19)33-23(30)31)35-24(34-18)36-22(37)25(38-2,26(27,28)29)16-8-4-3-5-9-16/h3-5,8-9,12-14,19-20H,6-7,10-11H2,1-2H3,(H4,30,31,33)(H2,32,34,35,36,37)/t19?,20?,25-/m1/s1. The van der Waals surface area contributed by atoms with E-state index < -0.39 is 17.7 Å². The normalized spacial score (nSPS) is 19.4. The first-order chi connectivity index (χ1) is 18.0. The van der Waals surface area contributed by atoms with Gasteiger partial charge in [0.25, 0.3) is 11.5 Å². The number of guanidine groups is 1. The van der Waals surface area contributed by atoms with Gasteiger partial charge in [-0.2, -0.15) is 18.2 Å². The quantitative estimate of drug-likeness (QED) is 0.268. The highest BCUT2D eigenvalue weighted by Gasteiger charge is 2.62. The van der Waals surface area contributed by atoms with Gasteiger partial charge in [-0.25, -0.2) is 9.98 Å². The molecule has 38 heavy (non-hydrogen) atoms. The molecule has 12 heteroatoms. The fourth-order valence-corrected chi connectivity index (χ4v) is 4.82. The fraction of sp³-hybridized carbons (Fsp3) is 0.385. The molecular weight excluding hydrogens is 499 g/mol. The van der Waals surface area contributed by atoms with Crippen molar-refractivity contribution in [3.05, 3.63) is 59.7 Å². The molecule has 0 spiro atoms. The Morgan fingerprint density at radius 1 is 1.08 bits per heavy atom. The Balaban J connectivity index is 1.75. The molecule has 1 saturated carbocycles. The van der Waals surface area contributed by atoms with Crippen molar-refractivity contribution in [2.45, 2.75) is 56.5 Å². The van der Waals surface area contributed by atoms with Crippen molar-refractivity contribution in [3.8, 4) is 0 Å². The number of nitrogens with zero attached hydrogens (tertiary/aromatic N) is 3. The number of methoxy groups -OCH3 is 1. The largest absolute Gasteiger partial charge is 0.430 e. The van der Waals surface area contributed by atoms with Gasteiger partial charge in [-0.1, -0.05) is 54.8 Å². The van der Waals surface area contributed by atoms with Gasteiger partial charge in [0, 0.05) is 18.1 Å². The molecule has 0 aliphatic heterocycles. The topological polar surface area (TPSA) is 141 Å². The Labute approximate surface area is 217 Å². The van der Waals surface area contributed by atoms with Gasteiger partial charge in [-0.3, -0.25) is 10.1 Å². The molecule has 4 rings (SSSR count). The molecule has 2 unspecified atom stereocenters. The summed E-state index contributed by atoms with van der Waals surface area (Å²) in [6.45, 7) is 1.90. The summed E-state index contributed by atoms with van der Waals surface area (Å²) >= 11 is 0. The van der Waals surface area contributed by atoms with Crippen LogP contribution in [0.15, 0.2) is 53.5 Å². The lowest BCUT2D eigenvalue weighted by molar-refractivity contribution is -0.263. The Morgan fingerprint density at radius 3 is 2.45 bits per heavy atom. The van der Waals surface area contributed by atoms with Crippen LogP contribution < -0.4 is 22.1 Å². The summed E-state index contributed by atoms with van der Waals surface area (Å²) in [6.07, 6.45) is -1.65. The third-order valence-electron chi connectivity index (χ3n) is 6.65. The maximum absolute atomic E-state index is 14.4. The molecule has 1 aromatic heterocycles. The molecule has 6 N–H and O–H groups in total. The van der Waals surface area contributed by atoms with E-state index in [-0.39, 0.29) is 29.6 Å². The number of hydrogen-bond donors (Lipinski definition) is 4. The van der Waals surface area contributed by atoms with Crippen LogP contribution in [0.3, 0.4) is 0 Å². The summed E-state index contributed by atoms with van der Waals surface area (Å²) in [4.78, 5) is 26.4. The van der Waals surface area contributed by atoms with Crippen molar-refractivity contribution in [2.24, 2.45) is 16.5 Å². The predicted octanol–water partition coefficient (Wildman–Crippen LogP) is 3.98. The number of aliphatic imine (C=N–C) groups is 1. The molecule has 0 saturated heterocycles. The van der Waals surface area contributed by atoms with Crippen LogP contribution in [-0.4, -0.2) is 47.2 Å². The van der Waals surface area contributed by atoms with Crippen LogP contribution in [0, 0.1) is 6.92 Å². The van der Waals surface area contributed by atoms with Gasteiger partial charge >= 0.3 is 6.18 Å². The summed E-state index contributed by atoms with van der Waals surface area (Å²) in [6, 6.07) is 11.7. The number of halogens is 3. The number of fused-ring (bicyclic) bond motifs is 1. The number of carbonyl (C=O) groups is 1. The van der Waals surface area contributed by atoms with Crippen molar-refractivity contribution in [1.82, 2.24) is 9.97 Å². The number of aryl methyl sites for hydroxylation is 1. The first kappa shape index (κ1) is 27.1. The molecule has 1 fully saturated rings. The number of carbonyl (C=O) groups excluding carboxylic acids is 1. The zero-order valence-corrected chi connectivity index (χ0v) is 21.0. The molecule has 0 bridgehead atoms. The molecule has 0 radical (unpaired) electrons. The monoisotopic (exact) mass is 529 g/mol. The van der Waals surface area contributed by atoms with E-state index in [0.29, 0.717) is 16.7 Å². The van der Waals surface area contributed by atoms with Crippen molar-refractivity contribution in [2.75, 3.05) is 17.7 Å². The zero-order valence-electron chi connectivity index (χ0n) is 21.0. The number of aromatic nitrogens is 2. The summed E-state index contributed by atoms with van der Waals surface area (Å²) < 4.78 is 48.0. The number of amides is 1. The van der Waals surface area contributed by atoms with Crippen molar-refractivity contribution < 1.29 is 22.7 Å². The number of ether oxygens (including phenoxy) is 1. The molecule has 3 atom stereocenters. The Bertz CT molecular complexity index is 1330. The van der Waals surface area contributed by atoms with Crippen molar-refractivity contribution in [3.63, 3.8) is 0 Å². The average molecular weight is 530 g/mol.